The first kappa shape index (κ1) is 22.0. The van der Waals surface area contributed by atoms with Crippen LogP contribution in [-0.2, 0) is 16.5 Å². The maximum atomic E-state index is 12.1. The first-order valence-corrected chi connectivity index (χ1v) is 9.40. The molecule has 0 saturated heterocycles. The monoisotopic (exact) mass is 372 g/mol. The van der Waals surface area contributed by atoms with E-state index >= 15 is 0 Å². The molecule has 0 amide bonds. The number of para-hydroxylation sites is 1. The molecule has 0 bridgehead atoms. The van der Waals surface area contributed by atoms with Gasteiger partial charge in [-0.05, 0) is 36.6 Å². The summed E-state index contributed by atoms with van der Waals surface area (Å²) in [6.07, 6.45) is 3.91. The molecule has 0 unspecified atom stereocenters. The van der Waals surface area contributed by atoms with Crippen LogP contribution in [0.2, 0.25) is 0 Å². The topological polar surface area (TPSA) is 86.7 Å². The molecule has 0 aliphatic heterocycles. The number of rotatable bonds is 8. The maximum Gasteiger partial charge on any atom is 1.00 e. The first-order valence-electron chi connectivity index (χ1n) is 7.96. The van der Waals surface area contributed by atoms with Crippen molar-refractivity contribution in [3.8, 4) is 17.2 Å². The molecular weight excluding hydrogens is 351 g/mol. The zero-order valence-corrected chi connectivity index (χ0v) is 17.4. The molecule has 0 aliphatic rings. The summed E-state index contributed by atoms with van der Waals surface area (Å²) in [5, 5.41) is 12.1. The van der Waals surface area contributed by atoms with Gasteiger partial charge in [-0.15, -0.1) is 5.75 Å². The Kier molecular flexibility index (Phi) is 8.96. The fourth-order valence-corrected chi connectivity index (χ4v) is 3.41. The summed E-state index contributed by atoms with van der Waals surface area (Å²) < 4.78 is 38.9. The fraction of sp³-hybridized carbons (Fsp3) is 0.333. The average Bonchev–Trinajstić information content (AvgIpc) is 2.54. The quantitative estimate of drug-likeness (QED) is 0.423. The van der Waals surface area contributed by atoms with E-state index < -0.39 is 20.8 Å². The fourth-order valence-electron chi connectivity index (χ4n) is 2.53. The molecule has 0 atom stereocenters. The van der Waals surface area contributed by atoms with Gasteiger partial charge in [0.25, 0.3) is 10.1 Å². The molecular formula is C18H21NaO5S. The smallest absolute Gasteiger partial charge is 0.872 e. The third kappa shape index (κ3) is 6.31. The largest absolute Gasteiger partial charge is 1.00 e. The number of unbranched alkanes of at least 4 members (excludes halogenated alkanes) is 3. The van der Waals surface area contributed by atoms with Gasteiger partial charge in [0.15, 0.2) is 0 Å². The van der Waals surface area contributed by atoms with Crippen LogP contribution in [0.5, 0.6) is 17.2 Å². The van der Waals surface area contributed by atoms with E-state index in [1.807, 2.05) is 0 Å². The van der Waals surface area contributed by atoms with Crippen LogP contribution >= 0.6 is 0 Å². The second-order valence-corrected chi connectivity index (χ2v) is 6.93. The minimum Gasteiger partial charge on any atom is -0.872 e. The first-order chi connectivity index (χ1) is 11.4. The van der Waals surface area contributed by atoms with Crippen molar-refractivity contribution in [1.82, 2.24) is 0 Å². The molecule has 2 aromatic carbocycles. The van der Waals surface area contributed by atoms with Gasteiger partial charge in [0, 0.05) is 0 Å². The van der Waals surface area contributed by atoms with E-state index in [0.29, 0.717) is 18.6 Å². The maximum absolute atomic E-state index is 12.1. The Morgan fingerprint density at radius 2 is 1.72 bits per heavy atom. The van der Waals surface area contributed by atoms with Crippen molar-refractivity contribution < 1.29 is 52.4 Å². The van der Waals surface area contributed by atoms with E-state index in [2.05, 4.69) is 6.92 Å². The third-order valence-electron chi connectivity index (χ3n) is 3.69. The van der Waals surface area contributed by atoms with Crippen LogP contribution in [0.4, 0.5) is 0 Å². The number of ether oxygens (including phenoxy) is 1. The van der Waals surface area contributed by atoms with E-state index in [1.165, 1.54) is 12.1 Å². The zero-order chi connectivity index (χ0) is 17.6. The Balaban J connectivity index is 0.00000312. The van der Waals surface area contributed by atoms with Gasteiger partial charge >= 0.3 is 29.6 Å². The van der Waals surface area contributed by atoms with Crippen LogP contribution in [-0.4, -0.2) is 13.0 Å². The standard InChI is InChI=1S/C18H22O5S.Na/c1-2-3-4-8-11-15-16(19)12-13-17(18(15)24(20,21)22)23-14-9-6-5-7-10-14;/h5-7,9-10,12-13,19H,2-4,8,11H2,1H3,(H,20,21,22);/q;+1/p-1. The molecule has 0 fully saturated rings. The van der Waals surface area contributed by atoms with Gasteiger partial charge in [-0.2, -0.15) is 8.42 Å². The minimum absolute atomic E-state index is 0. The van der Waals surface area contributed by atoms with E-state index in [4.69, 9.17) is 4.74 Å². The molecule has 0 heterocycles. The molecule has 0 radical (unpaired) electrons. The van der Waals surface area contributed by atoms with Crippen LogP contribution < -0.4 is 39.4 Å². The molecule has 0 saturated carbocycles. The minimum atomic E-state index is -4.57. The van der Waals surface area contributed by atoms with E-state index in [9.17, 15) is 18.1 Å². The summed E-state index contributed by atoms with van der Waals surface area (Å²) in [6, 6.07) is 11.2. The predicted molar refractivity (Wildman–Crippen MR) is 90.1 cm³/mol. The average molecular weight is 372 g/mol. The van der Waals surface area contributed by atoms with Crippen LogP contribution in [0.15, 0.2) is 47.4 Å². The summed E-state index contributed by atoms with van der Waals surface area (Å²) in [6.45, 7) is 2.07. The molecule has 5 nitrogen and oxygen atoms in total. The van der Waals surface area contributed by atoms with Crippen LogP contribution in [0.3, 0.4) is 0 Å². The zero-order valence-electron chi connectivity index (χ0n) is 14.6. The van der Waals surface area contributed by atoms with Gasteiger partial charge in [-0.25, -0.2) is 0 Å². The van der Waals surface area contributed by atoms with Crippen LogP contribution in [0, 0.1) is 0 Å². The Hall–Kier alpha value is -1.05. The van der Waals surface area contributed by atoms with Gasteiger partial charge in [0.05, 0.1) is 0 Å². The summed E-state index contributed by atoms with van der Waals surface area (Å²) >= 11 is 0. The summed E-state index contributed by atoms with van der Waals surface area (Å²) in [7, 11) is -4.57. The van der Waals surface area contributed by atoms with Crippen molar-refractivity contribution in [2.75, 3.05) is 0 Å². The number of benzene rings is 2. The van der Waals surface area contributed by atoms with E-state index in [-0.39, 0.29) is 40.9 Å². The molecule has 0 aromatic heterocycles. The second-order valence-electron chi connectivity index (χ2n) is 5.57. The molecule has 7 heteroatoms. The Morgan fingerprint density at radius 1 is 1.04 bits per heavy atom. The Morgan fingerprint density at radius 3 is 2.32 bits per heavy atom. The second kappa shape index (κ2) is 10.2. The molecule has 0 spiro atoms. The summed E-state index contributed by atoms with van der Waals surface area (Å²) in [5.74, 6) is -0.00805. The molecule has 0 aliphatic carbocycles. The molecule has 130 valence electrons. The summed E-state index contributed by atoms with van der Waals surface area (Å²) in [4.78, 5) is -0.421. The van der Waals surface area contributed by atoms with Crippen molar-refractivity contribution in [3.05, 3.63) is 48.0 Å². The van der Waals surface area contributed by atoms with Crippen molar-refractivity contribution in [2.45, 2.75) is 43.9 Å². The normalized spacial score (nSPS) is 11.0. The van der Waals surface area contributed by atoms with Gasteiger partial charge in [-0.3, -0.25) is 4.55 Å². The molecule has 1 N–H and O–H groups in total. The van der Waals surface area contributed by atoms with Gasteiger partial charge in [0.1, 0.15) is 16.4 Å². The van der Waals surface area contributed by atoms with Crippen LogP contribution in [0.1, 0.15) is 38.2 Å². The van der Waals surface area contributed by atoms with E-state index in [0.717, 1.165) is 19.3 Å². The summed E-state index contributed by atoms with van der Waals surface area (Å²) in [5.41, 5.74) is 0.0852. The van der Waals surface area contributed by atoms with Crippen LogP contribution in [0.25, 0.3) is 0 Å². The molecule has 2 rings (SSSR count). The Bertz CT molecular complexity index is 776. The SMILES string of the molecule is CCCCCCc1c([O-])ccc(Oc2ccccc2)c1S(=O)(=O)O.[Na+]. The van der Waals surface area contributed by atoms with Gasteiger partial charge < -0.3 is 9.84 Å². The van der Waals surface area contributed by atoms with Gasteiger partial charge in [-0.1, -0.05) is 50.5 Å². The molecule has 2 aromatic rings. The number of hydrogen-bond acceptors (Lipinski definition) is 4. The van der Waals surface area contributed by atoms with Gasteiger partial charge in [0.2, 0.25) is 0 Å². The Labute approximate surface area is 171 Å². The third-order valence-corrected chi connectivity index (χ3v) is 4.65. The van der Waals surface area contributed by atoms with Crippen molar-refractivity contribution in [3.63, 3.8) is 0 Å². The number of hydrogen-bond donors (Lipinski definition) is 1. The predicted octanol–water partition coefficient (Wildman–Crippen LogP) is 0.926. The van der Waals surface area contributed by atoms with Crippen molar-refractivity contribution in [1.29, 1.82) is 0 Å². The van der Waals surface area contributed by atoms with E-state index in [1.54, 1.807) is 30.3 Å². The molecule has 25 heavy (non-hydrogen) atoms. The van der Waals surface area contributed by atoms with Crippen molar-refractivity contribution in [2.24, 2.45) is 0 Å². The van der Waals surface area contributed by atoms with Crippen molar-refractivity contribution >= 4 is 10.1 Å².